The van der Waals surface area contributed by atoms with E-state index in [1.54, 1.807) is 13.2 Å². The Kier molecular flexibility index (Phi) is 4.37. The summed E-state index contributed by atoms with van der Waals surface area (Å²) in [5, 5.41) is 0. The summed E-state index contributed by atoms with van der Waals surface area (Å²) in [4.78, 5) is 11.1. The van der Waals surface area contributed by atoms with Crippen LogP contribution in [0.25, 0.3) is 0 Å². The van der Waals surface area contributed by atoms with Crippen molar-refractivity contribution in [3.63, 3.8) is 0 Å². The number of hydrogen-bond donors (Lipinski definition) is 0. The SMILES string of the molecule is COc1ccc(C(C)C)c(OC(C)=O)c1OC. The van der Waals surface area contributed by atoms with Gasteiger partial charge < -0.3 is 14.2 Å². The lowest BCUT2D eigenvalue weighted by molar-refractivity contribution is -0.132. The molecule has 4 nitrogen and oxygen atoms in total. The van der Waals surface area contributed by atoms with E-state index in [4.69, 9.17) is 14.2 Å². The number of carbonyl (C=O) groups is 1. The Bertz CT molecular complexity index is 410. The Morgan fingerprint density at radius 3 is 2.18 bits per heavy atom. The summed E-state index contributed by atoms with van der Waals surface area (Å²) in [7, 11) is 3.07. The lowest BCUT2D eigenvalue weighted by atomic mass is 10.0. The molecule has 0 aliphatic rings. The molecule has 0 bridgehead atoms. The average Bonchev–Trinajstić information content (AvgIpc) is 2.27. The van der Waals surface area contributed by atoms with Crippen LogP contribution in [0.4, 0.5) is 0 Å². The minimum atomic E-state index is -0.376. The zero-order valence-electron chi connectivity index (χ0n) is 10.9. The molecule has 0 spiro atoms. The Balaban J connectivity index is 3.38. The molecule has 1 aromatic carbocycles. The van der Waals surface area contributed by atoms with Crippen LogP contribution in [0, 0.1) is 0 Å². The average molecular weight is 238 g/mol. The normalized spacial score (nSPS) is 10.2. The zero-order valence-corrected chi connectivity index (χ0v) is 10.9. The molecule has 0 aromatic heterocycles. The molecule has 0 aliphatic carbocycles. The first-order valence-electron chi connectivity index (χ1n) is 5.44. The van der Waals surface area contributed by atoms with E-state index in [0.29, 0.717) is 17.2 Å². The van der Waals surface area contributed by atoms with E-state index in [0.717, 1.165) is 5.56 Å². The van der Waals surface area contributed by atoms with Crippen LogP contribution >= 0.6 is 0 Å². The van der Waals surface area contributed by atoms with Crippen LogP contribution in [0.15, 0.2) is 12.1 Å². The number of esters is 1. The van der Waals surface area contributed by atoms with Gasteiger partial charge in [-0.15, -0.1) is 0 Å². The third-order valence-corrected chi connectivity index (χ3v) is 2.40. The van der Waals surface area contributed by atoms with Gasteiger partial charge in [0.25, 0.3) is 0 Å². The molecule has 0 aliphatic heterocycles. The molecule has 0 saturated carbocycles. The van der Waals surface area contributed by atoms with Crippen LogP contribution in [0.2, 0.25) is 0 Å². The van der Waals surface area contributed by atoms with Gasteiger partial charge in [-0.3, -0.25) is 4.79 Å². The maximum Gasteiger partial charge on any atom is 0.308 e. The molecule has 1 rings (SSSR count). The largest absolute Gasteiger partial charge is 0.493 e. The standard InChI is InChI=1S/C13H18O4/c1-8(2)10-6-7-11(15-4)13(16-5)12(10)17-9(3)14/h6-8H,1-5H3. The number of rotatable bonds is 4. The quantitative estimate of drug-likeness (QED) is 0.597. The molecule has 0 heterocycles. The first-order valence-corrected chi connectivity index (χ1v) is 5.44. The van der Waals surface area contributed by atoms with E-state index in [2.05, 4.69) is 0 Å². The molecule has 0 fully saturated rings. The van der Waals surface area contributed by atoms with E-state index in [-0.39, 0.29) is 11.9 Å². The van der Waals surface area contributed by atoms with Gasteiger partial charge in [0, 0.05) is 12.5 Å². The van der Waals surface area contributed by atoms with Gasteiger partial charge in [-0.05, 0) is 12.0 Å². The Labute approximate surface area is 101 Å². The summed E-state index contributed by atoms with van der Waals surface area (Å²) in [6.45, 7) is 5.41. The van der Waals surface area contributed by atoms with Crippen LogP contribution in [0.3, 0.4) is 0 Å². The maximum absolute atomic E-state index is 11.1. The van der Waals surface area contributed by atoms with E-state index in [1.807, 2.05) is 19.9 Å². The third kappa shape index (κ3) is 2.90. The van der Waals surface area contributed by atoms with Crippen LogP contribution in [0.5, 0.6) is 17.2 Å². The monoisotopic (exact) mass is 238 g/mol. The topological polar surface area (TPSA) is 44.8 Å². The zero-order chi connectivity index (χ0) is 13.0. The van der Waals surface area contributed by atoms with Gasteiger partial charge in [-0.2, -0.15) is 0 Å². The molecule has 0 N–H and O–H groups in total. The molecule has 0 saturated heterocycles. The summed E-state index contributed by atoms with van der Waals surface area (Å²) in [6, 6.07) is 3.69. The Morgan fingerprint density at radius 2 is 1.76 bits per heavy atom. The second kappa shape index (κ2) is 5.57. The first-order chi connectivity index (χ1) is 8.01. The number of carbonyl (C=O) groups excluding carboxylic acids is 1. The summed E-state index contributed by atoms with van der Waals surface area (Å²) >= 11 is 0. The summed E-state index contributed by atoms with van der Waals surface area (Å²) in [5.74, 6) is 1.29. The van der Waals surface area contributed by atoms with Crippen molar-refractivity contribution < 1.29 is 19.0 Å². The van der Waals surface area contributed by atoms with E-state index in [1.165, 1.54) is 14.0 Å². The van der Waals surface area contributed by atoms with Crippen molar-refractivity contribution in [1.29, 1.82) is 0 Å². The summed E-state index contributed by atoms with van der Waals surface area (Å²) < 4.78 is 15.7. The van der Waals surface area contributed by atoms with Crippen molar-refractivity contribution in [3.05, 3.63) is 17.7 Å². The maximum atomic E-state index is 11.1. The molecule has 0 unspecified atom stereocenters. The van der Waals surface area contributed by atoms with E-state index < -0.39 is 0 Å². The van der Waals surface area contributed by atoms with Crippen molar-refractivity contribution in [3.8, 4) is 17.2 Å². The lowest BCUT2D eigenvalue weighted by Crippen LogP contribution is -2.07. The first kappa shape index (κ1) is 13.4. The van der Waals surface area contributed by atoms with Crippen LogP contribution in [-0.4, -0.2) is 20.2 Å². The van der Waals surface area contributed by atoms with Crippen molar-refractivity contribution in [2.24, 2.45) is 0 Å². The molecule has 17 heavy (non-hydrogen) atoms. The van der Waals surface area contributed by atoms with E-state index >= 15 is 0 Å². The second-order valence-electron chi connectivity index (χ2n) is 3.97. The number of ether oxygens (including phenoxy) is 3. The van der Waals surface area contributed by atoms with Crippen molar-refractivity contribution in [2.45, 2.75) is 26.7 Å². The van der Waals surface area contributed by atoms with Gasteiger partial charge >= 0.3 is 5.97 Å². The highest BCUT2D eigenvalue weighted by Crippen LogP contribution is 2.42. The van der Waals surface area contributed by atoms with Crippen LogP contribution in [0.1, 0.15) is 32.3 Å². The molecule has 94 valence electrons. The molecule has 1 aromatic rings. The highest BCUT2D eigenvalue weighted by molar-refractivity contribution is 5.72. The smallest absolute Gasteiger partial charge is 0.308 e. The number of hydrogen-bond acceptors (Lipinski definition) is 4. The van der Waals surface area contributed by atoms with Gasteiger partial charge in [-0.25, -0.2) is 0 Å². The summed E-state index contributed by atoms with van der Waals surface area (Å²) in [6.07, 6.45) is 0. The van der Waals surface area contributed by atoms with Gasteiger partial charge in [0.15, 0.2) is 11.5 Å². The molecule has 0 atom stereocenters. The van der Waals surface area contributed by atoms with Gasteiger partial charge in [-0.1, -0.05) is 19.9 Å². The van der Waals surface area contributed by atoms with Gasteiger partial charge in [0.1, 0.15) is 0 Å². The minimum absolute atomic E-state index is 0.226. The fourth-order valence-corrected chi connectivity index (χ4v) is 1.62. The van der Waals surface area contributed by atoms with Crippen molar-refractivity contribution in [2.75, 3.05) is 14.2 Å². The predicted octanol–water partition coefficient (Wildman–Crippen LogP) is 2.75. The fourth-order valence-electron chi connectivity index (χ4n) is 1.62. The highest BCUT2D eigenvalue weighted by Gasteiger charge is 2.19. The van der Waals surface area contributed by atoms with Gasteiger partial charge in [0.05, 0.1) is 14.2 Å². The minimum Gasteiger partial charge on any atom is -0.493 e. The molecule has 4 heteroatoms. The third-order valence-electron chi connectivity index (χ3n) is 2.40. The second-order valence-corrected chi connectivity index (χ2v) is 3.97. The highest BCUT2D eigenvalue weighted by atomic mass is 16.6. The number of benzene rings is 1. The van der Waals surface area contributed by atoms with Crippen LogP contribution < -0.4 is 14.2 Å². The molecular formula is C13H18O4. The number of methoxy groups -OCH3 is 2. The van der Waals surface area contributed by atoms with Gasteiger partial charge in [0.2, 0.25) is 5.75 Å². The molecular weight excluding hydrogens is 220 g/mol. The molecule has 0 radical (unpaired) electrons. The lowest BCUT2D eigenvalue weighted by Gasteiger charge is -2.17. The Hall–Kier alpha value is -1.71. The van der Waals surface area contributed by atoms with Crippen molar-refractivity contribution >= 4 is 5.97 Å². The molecule has 0 amide bonds. The van der Waals surface area contributed by atoms with Crippen LogP contribution in [-0.2, 0) is 4.79 Å². The van der Waals surface area contributed by atoms with Crippen molar-refractivity contribution in [1.82, 2.24) is 0 Å². The Morgan fingerprint density at radius 1 is 1.12 bits per heavy atom. The summed E-state index contributed by atoms with van der Waals surface area (Å²) in [5.41, 5.74) is 0.915. The van der Waals surface area contributed by atoms with E-state index in [9.17, 15) is 4.79 Å². The predicted molar refractivity (Wildman–Crippen MR) is 64.9 cm³/mol. The fraction of sp³-hybridized carbons (Fsp3) is 0.462.